The number of nitrogens with zero attached hydrogens (tertiary/aromatic N) is 2. The van der Waals surface area contributed by atoms with E-state index in [1.54, 1.807) is 0 Å². The number of hydrogen-bond acceptors (Lipinski definition) is 3. The van der Waals surface area contributed by atoms with Crippen LogP contribution < -0.4 is 11.1 Å². The lowest BCUT2D eigenvalue weighted by molar-refractivity contribution is 0.558. The molecule has 110 valence electrons. The van der Waals surface area contributed by atoms with Crippen LogP contribution in [-0.4, -0.2) is 15.8 Å². The Balaban J connectivity index is 2.77. The van der Waals surface area contributed by atoms with Crippen LogP contribution in [0.2, 0.25) is 0 Å². The van der Waals surface area contributed by atoms with E-state index in [9.17, 15) is 0 Å². The molecule has 0 aliphatic carbocycles. The van der Waals surface area contributed by atoms with Gasteiger partial charge in [0.15, 0.2) is 0 Å². The molecular formula is C15H30N4. The summed E-state index contributed by atoms with van der Waals surface area (Å²) in [6.07, 6.45) is 8.12. The Kier molecular flexibility index (Phi) is 6.74. The van der Waals surface area contributed by atoms with Crippen molar-refractivity contribution in [3.8, 4) is 0 Å². The van der Waals surface area contributed by atoms with Crippen molar-refractivity contribution in [2.75, 3.05) is 11.1 Å². The highest BCUT2D eigenvalue weighted by atomic mass is 15.3. The normalized spacial score (nSPS) is 12.6. The highest BCUT2D eigenvalue weighted by Crippen LogP contribution is 2.25. The smallest absolute Gasteiger partial charge is 0.147 e. The van der Waals surface area contributed by atoms with Crippen LogP contribution in [0.3, 0.4) is 0 Å². The molecule has 0 aliphatic heterocycles. The molecule has 1 aromatic rings. The van der Waals surface area contributed by atoms with Crippen molar-refractivity contribution >= 4 is 11.5 Å². The number of nitrogen functional groups attached to an aromatic ring is 1. The van der Waals surface area contributed by atoms with Crippen LogP contribution in [0.4, 0.5) is 11.5 Å². The van der Waals surface area contributed by atoms with E-state index in [-0.39, 0.29) is 0 Å². The molecule has 1 unspecified atom stereocenters. The van der Waals surface area contributed by atoms with E-state index in [0.29, 0.717) is 6.04 Å². The Bertz CT molecular complexity index is 370. The number of unbranched alkanes of at least 4 members (excludes halogenated alkanes) is 1. The van der Waals surface area contributed by atoms with Gasteiger partial charge in [0.25, 0.3) is 0 Å². The molecule has 0 spiro atoms. The van der Waals surface area contributed by atoms with E-state index in [2.05, 4.69) is 31.2 Å². The molecule has 0 radical (unpaired) electrons. The van der Waals surface area contributed by atoms with Gasteiger partial charge in [0.05, 0.1) is 11.4 Å². The molecule has 0 fully saturated rings. The Morgan fingerprint density at radius 3 is 2.47 bits per heavy atom. The maximum absolute atomic E-state index is 6.22. The third kappa shape index (κ3) is 4.44. The average Bonchev–Trinajstić information content (AvgIpc) is 2.64. The van der Waals surface area contributed by atoms with Crippen LogP contribution in [0.1, 0.15) is 65.0 Å². The molecular weight excluding hydrogens is 236 g/mol. The first kappa shape index (κ1) is 15.9. The zero-order chi connectivity index (χ0) is 14.3. The van der Waals surface area contributed by atoms with Crippen molar-refractivity contribution in [1.29, 1.82) is 0 Å². The maximum atomic E-state index is 6.22. The average molecular weight is 266 g/mol. The number of anilines is 2. The molecule has 0 aliphatic rings. The lowest BCUT2D eigenvalue weighted by Gasteiger charge is -2.19. The van der Waals surface area contributed by atoms with Crippen molar-refractivity contribution in [3.05, 3.63) is 5.69 Å². The Morgan fingerprint density at radius 2 is 1.89 bits per heavy atom. The third-order valence-corrected chi connectivity index (χ3v) is 3.53. The Labute approximate surface area is 117 Å². The lowest BCUT2D eigenvalue weighted by atomic mass is 10.1. The number of nitrogens with one attached hydrogen (secondary N) is 1. The predicted octanol–water partition coefficient (Wildman–Crippen LogP) is 3.73. The summed E-state index contributed by atoms with van der Waals surface area (Å²) in [6.45, 7) is 6.62. The second-order valence-corrected chi connectivity index (χ2v) is 5.35. The van der Waals surface area contributed by atoms with E-state index in [1.807, 2.05) is 11.7 Å². The quantitative estimate of drug-likeness (QED) is 0.716. The van der Waals surface area contributed by atoms with E-state index in [4.69, 9.17) is 5.73 Å². The Hall–Kier alpha value is -1.19. The highest BCUT2D eigenvalue weighted by molar-refractivity contribution is 5.65. The first-order valence-electron chi connectivity index (χ1n) is 7.71. The summed E-state index contributed by atoms with van der Waals surface area (Å²) in [5.41, 5.74) is 8.08. The van der Waals surface area contributed by atoms with E-state index in [0.717, 1.165) is 30.0 Å². The zero-order valence-corrected chi connectivity index (χ0v) is 13.0. The lowest BCUT2D eigenvalue weighted by Crippen LogP contribution is -2.21. The zero-order valence-electron chi connectivity index (χ0n) is 13.0. The van der Waals surface area contributed by atoms with E-state index < -0.39 is 0 Å². The predicted molar refractivity (Wildman–Crippen MR) is 83.5 cm³/mol. The summed E-state index contributed by atoms with van der Waals surface area (Å²) in [6, 6.07) is 0.511. The summed E-state index contributed by atoms with van der Waals surface area (Å²) < 4.78 is 1.90. The van der Waals surface area contributed by atoms with Gasteiger partial charge in [0, 0.05) is 13.1 Å². The van der Waals surface area contributed by atoms with E-state index in [1.165, 1.54) is 32.1 Å². The minimum Gasteiger partial charge on any atom is -0.394 e. The summed E-state index contributed by atoms with van der Waals surface area (Å²) >= 11 is 0. The molecule has 1 rings (SSSR count). The maximum Gasteiger partial charge on any atom is 0.147 e. The van der Waals surface area contributed by atoms with Gasteiger partial charge in [-0.2, -0.15) is 5.10 Å². The summed E-state index contributed by atoms with van der Waals surface area (Å²) in [5.74, 6) is 0.998. The number of nitrogens with two attached hydrogens (primary N) is 1. The van der Waals surface area contributed by atoms with Gasteiger partial charge in [-0.1, -0.05) is 46.5 Å². The van der Waals surface area contributed by atoms with Crippen LogP contribution in [0.25, 0.3) is 0 Å². The van der Waals surface area contributed by atoms with Crippen LogP contribution in [0.15, 0.2) is 0 Å². The van der Waals surface area contributed by atoms with Crippen molar-refractivity contribution in [2.24, 2.45) is 7.05 Å². The highest BCUT2D eigenvalue weighted by Gasteiger charge is 2.16. The SMILES string of the molecule is CCCCC(CCC)Nc1c(N)c(CCC)nn1C. The second kappa shape index (κ2) is 8.08. The van der Waals surface area contributed by atoms with Gasteiger partial charge < -0.3 is 11.1 Å². The first-order chi connectivity index (χ1) is 9.13. The fourth-order valence-electron chi connectivity index (χ4n) is 2.47. The molecule has 4 nitrogen and oxygen atoms in total. The minimum absolute atomic E-state index is 0.511. The van der Waals surface area contributed by atoms with E-state index >= 15 is 0 Å². The first-order valence-corrected chi connectivity index (χ1v) is 7.71. The fourth-order valence-corrected chi connectivity index (χ4v) is 2.47. The largest absolute Gasteiger partial charge is 0.394 e. The molecule has 0 saturated carbocycles. The second-order valence-electron chi connectivity index (χ2n) is 5.35. The van der Waals surface area contributed by atoms with Crippen LogP contribution >= 0.6 is 0 Å². The Morgan fingerprint density at radius 1 is 1.16 bits per heavy atom. The topological polar surface area (TPSA) is 55.9 Å². The summed E-state index contributed by atoms with van der Waals surface area (Å²) in [5, 5.41) is 8.13. The van der Waals surface area contributed by atoms with Crippen molar-refractivity contribution in [2.45, 2.75) is 71.8 Å². The third-order valence-electron chi connectivity index (χ3n) is 3.53. The molecule has 1 aromatic heterocycles. The molecule has 0 bridgehead atoms. The number of aryl methyl sites for hydroxylation is 2. The minimum atomic E-state index is 0.511. The van der Waals surface area contributed by atoms with Crippen molar-refractivity contribution in [3.63, 3.8) is 0 Å². The van der Waals surface area contributed by atoms with Crippen LogP contribution in [0.5, 0.6) is 0 Å². The molecule has 19 heavy (non-hydrogen) atoms. The van der Waals surface area contributed by atoms with Gasteiger partial charge in [-0.25, -0.2) is 0 Å². The van der Waals surface area contributed by atoms with Crippen molar-refractivity contribution < 1.29 is 0 Å². The van der Waals surface area contributed by atoms with Gasteiger partial charge in [0.1, 0.15) is 5.82 Å². The summed E-state index contributed by atoms with van der Waals surface area (Å²) in [7, 11) is 1.97. The van der Waals surface area contributed by atoms with Gasteiger partial charge in [0.2, 0.25) is 0 Å². The monoisotopic (exact) mass is 266 g/mol. The number of hydrogen-bond donors (Lipinski definition) is 2. The molecule has 4 heteroatoms. The van der Waals surface area contributed by atoms with Crippen LogP contribution in [0, 0.1) is 0 Å². The molecule has 1 atom stereocenters. The number of rotatable bonds is 9. The summed E-state index contributed by atoms with van der Waals surface area (Å²) in [4.78, 5) is 0. The van der Waals surface area contributed by atoms with Crippen LogP contribution in [-0.2, 0) is 13.5 Å². The van der Waals surface area contributed by atoms with Gasteiger partial charge in [-0.3, -0.25) is 4.68 Å². The molecule has 0 amide bonds. The molecule has 3 N–H and O–H groups in total. The van der Waals surface area contributed by atoms with Crippen molar-refractivity contribution in [1.82, 2.24) is 9.78 Å². The molecule has 0 aromatic carbocycles. The van der Waals surface area contributed by atoms with Gasteiger partial charge in [-0.05, 0) is 19.3 Å². The standard InChI is InChI=1S/C15H30N4/c1-5-8-11-12(9-6-2)17-15-14(16)13(10-7-3)18-19(15)4/h12,17H,5-11,16H2,1-4H3. The molecule has 0 saturated heterocycles. The van der Waals surface area contributed by atoms with Gasteiger partial charge >= 0.3 is 0 Å². The van der Waals surface area contributed by atoms with Gasteiger partial charge in [-0.15, -0.1) is 0 Å². The number of aromatic nitrogens is 2. The fraction of sp³-hybridized carbons (Fsp3) is 0.800. The molecule has 1 heterocycles.